The Morgan fingerprint density at radius 2 is 1.62 bits per heavy atom. The predicted molar refractivity (Wildman–Crippen MR) is 81.7 cm³/mol. The minimum Gasteiger partial charge on any atom is -0.508 e. The summed E-state index contributed by atoms with van der Waals surface area (Å²) in [6.45, 7) is 0. The van der Waals surface area contributed by atoms with E-state index in [-0.39, 0.29) is 17.1 Å². The lowest BCUT2D eigenvalue weighted by atomic mass is 10.1. The van der Waals surface area contributed by atoms with Crippen molar-refractivity contribution in [2.45, 2.75) is 0 Å². The number of fused-ring (bicyclic) bond motifs is 1. The van der Waals surface area contributed by atoms with Gasteiger partial charge in [0.05, 0.1) is 5.56 Å². The van der Waals surface area contributed by atoms with E-state index in [0.717, 1.165) is 16.8 Å². The van der Waals surface area contributed by atoms with Crippen LogP contribution < -0.4 is 5.32 Å². The van der Waals surface area contributed by atoms with E-state index in [4.69, 9.17) is 0 Å². The standard InChI is InChI=1S/C17H13NO3/c19-14-7-8-15(16(20)10-14)17(21)18-13-6-5-11-3-1-2-4-12(11)9-13/h1-10,19-20H,(H,18,21). The highest BCUT2D eigenvalue weighted by molar-refractivity contribution is 6.07. The minimum atomic E-state index is -0.428. The minimum absolute atomic E-state index is 0.0882. The second kappa shape index (κ2) is 5.17. The summed E-state index contributed by atoms with van der Waals surface area (Å²) in [5.74, 6) is -0.772. The van der Waals surface area contributed by atoms with Crippen LogP contribution in [0.2, 0.25) is 0 Å². The average Bonchev–Trinajstić information content (AvgIpc) is 2.47. The van der Waals surface area contributed by atoms with Gasteiger partial charge in [0, 0.05) is 11.8 Å². The summed E-state index contributed by atoms with van der Waals surface area (Å²) in [5, 5.41) is 23.8. The molecule has 4 nitrogen and oxygen atoms in total. The number of phenols is 2. The van der Waals surface area contributed by atoms with Gasteiger partial charge in [-0.3, -0.25) is 4.79 Å². The van der Waals surface area contributed by atoms with Gasteiger partial charge in [-0.15, -0.1) is 0 Å². The SMILES string of the molecule is O=C(Nc1ccc2ccccc2c1)c1ccc(O)cc1O. The number of rotatable bonds is 2. The van der Waals surface area contributed by atoms with E-state index in [0.29, 0.717) is 5.69 Å². The molecule has 4 heteroatoms. The maximum absolute atomic E-state index is 12.1. The van der Waals surface area contributed by atoms with Crippen molar-refractivity contribution < 1.29 is 15.0 Å². The second-order valence-corrected chi connectivity index (χ2v) is 4.72. The zero-order chi connectivity index (χ0) is 14.8. The van der Waals surface area contributed by atoms with Gasteiger partial charge < -0.3 is 15.5 Å². The number of amides is 1. The summed E-state index contributed by atoms with van der Waals surface area (Å²) in [6.07, 6.45) is 0. The lowest BCUT2D eigenvalue weighted by Crippen LogP contribution is -2.11. The Labute approximate surface area is 121 Å². The zero-order valence-electron chi connectivity index (χ0n) is 11.1. The van der Waals surface area contributed by atoms with E-state index in [1.807, 2.05) is 36.4 Å². The fourth-order valence-corrected chi connectivity index (χ4v) is 2.18. The van der Waals surface area contributed by atoms with E-state index in [2.05, 4.69) is 5.32 Å². The number of anilines is 1. The van der Waals surface area contributed by atoms with Crippen molar-refractivity contribution in [2.75, 3.05) is 5.32 Å². The van der Waals surface area contributed by atoms with Crippen LogP contribution in [0.15, 0.2) is 60.7 Å². The highest BCUT2D eigenvalue weighted by atomic mass is 16.3. The van der Waals surface area contributed by atoms with Gasteiger partial charge in [0.1, 0.15) is 11.5 Å². The van der Waals surface area contributed by atoms with Crippen molar-refractivity contribution in [3.63, 3.8) is 0 Å². The topological polar surface area (TPSA) is 69.6 Å². The van der Waals surface area contributed by atoms with Gasteiger partial charge in [0.25, 0.3) is 5.91 Å². The number of hydrogen-bond donors (Lipinski definition) is 3. The van der Waals surface area contributed by atoms with Crippen molar-refractivity contribution in [3.05, 3.63) is 66.2 Å². The van der Waals surface area contributed by atoms with E-state index in [1.54, 1.807) is 6.07 Å². The van der Waals surface area contributed by atoms with Crippen molar-refractivity contribution in [1.29, 1.82) is 0 Å². The van der Waals surface area contributed by atoms with Gasteiger partial charge >= 0.3 is 0 Å². The molecule has 0 aliphatic carbocycles. The van der Waals surface area contributed by atoms with Gasteiger partial charge in [0.15, 0.2) is 0 Å². The molecule has 0 heterocycles. The van der Waals surface area contributed by atoms with Crippen LogP contribution in [0.1, 0.15) is 10.4 Å². The van der Waals surface area contributed by atoms with Crippen LogP contribution >= 0.6 is 0 Å². The summed E-state index contributed by atoms with van der Waals surface area (Å²) in [4.78, 5) is 12.1. The van der Waals surface area contributed by atoms with Crippen LogP contribution in [0, 0.1) is 0 Å². The number of benzene rings is 3. The number of carbonyl (C=O) groups excluding carboxylic acids is 1. The van der Waals surface area contributed by atoms with E-state index in [9.17, 15) is 15.0 Å². The Bertz CT molecular complexity index is 827. The van der Waals surface area contributed by atoms with Gasteiger partial charge in [-0.1, -0.05) is 30.3 Å². The molecule has 0 aliphatic heterocycles. The molecule has 0 aromatic heterocycles. The molecule has 3 aromatic rings. The highest BCUT2D eigenvalue weighted by Gasteiger charge is 2.12. The van der Waals surface area contributed by atoms with E-state index in [1.165, 1.54) is 12.1 Å². The van der Waals surface area contributed by atoms with Crippen LogP contribution in [0.4, 0.5) is 5.69 Å². The number of carbonyl (C=O) groups is 1. The van der Waals surface area contributed by atoms with Crippen LogP contribution in [-0.4, -0.2) is 16.1 Å². The molecule has 0 unspecified atom stereocenters. The van der Waals surface area contributed by atoms with E-state index < -0.39 is 5.91 Å². The Morgan fingerprint density at radius 1 is 0.857 bits per heavy atom. The van der Waals surface area contributed by atoms with Gasteiger partial charge in [0.2, 0.25) is 0 Å². The summed E-state index contributed by atoms with van der Waals surface area (Å²) in [6, 6.07) is 17.3. The van der Waals surface area contributed by atoms with Crippen LogP contribution in [-0.2, 0) is 0 Å². The molecule has 3 rings (SSSR count). The first-order valence-corrected chi connectivity index (χ1v) is 6.45. The van der Waals surface area contributed by atoms with Crippen LogP contribution in [0.25, 0.3) is 10.8 Å². The maximum atomic E-state index is 12.1. The quantitative estimate of drug-likeness (QED) is 0.672. The maximum Gasteiger partial charge on any atom is 0.259 e. The van der Waals surface area contributed by atoms with Gasteiger partial charge in [-0.2, -0.15) is 0 Å². The smallest absolute Gasteiger partial charge is 0.259 e. The molecule has 0 saturated heterocycles. The molecule has 3 N–H and O–H groups in total. The monoisotopic (exact) mass is 279 g/mol. The third-order valence-electron chi connectivity index (χ3n) is 3.23. The third kappa shape index (κ3) is 2.65. The first kappa shape index (κ1) is 13.0. The summed E-state index contributed by atoms with van der Waals surface area (Å²) >= 11 is 0. The Balaban J connectivity index is 1.89. The molecule has 21 heavy (non-hydrogen) atoms. The van der Waals surface area contributed by atoms with Gasteiger partial charge in [-0.05, 0) is 35.0 Å². The lowest BCUT2D eigenvalue weighted by Gasteiger charge is -2.08. The largest absolute Gasteiger partial charge is 0.508 e. The molecular formula is C17H13NO3. The van der Waals surface area contributed by atoms with Crippen molar-refractivity contribution >= 4 is 22.4 Å². The molecule has 3 aromatic carbocycles. The Kier molecular flexibility index (Phi) is 3.20. The first-order chi connectivity index (χ1) is 10.1. The predicted octanol–water partition coefficient (Wildman–Crippen LogP) is 3.50. The molecule has 0 saturated carbocycles. The highest BCUT2D eigenvalue weighted by Crippen LogP contribution is 2.24. The number of phenolic OH excluding ortho intramolecular Hbond substituents is 2. The fourth-order valence-electron chi connectivity index (χ4n) is 2.18. The summed E-state index contributed by atoms with van der Waals surface area (Å²) in [7, 11) is 0. The Morgan fingerprint density at radius 3 is 2.38 bits per heavy atom. The van der Waals surface area contributed by atoms with E-state index >= 15 is 0 Å². The molecule has 0 bridgehead atoms. The summed E-state index contributed by atoms with van der Waals surface area (Å²) < 4.78 is 0. The molecule has 0 radical (unpaired) electrons. The van der Waals surface area contributed by atoms with Gasteiger partial charge in [-0.25, -0.2) is 0 Å². The fraction of sp³-hybridized carbons (Fsp3) is 0. The van der Waals surface area contributed by atoms with Crippen LogP contribution in [0.3, 0.4) is 0 Å². The molecule has 104 valence electrons. The molecule has 0 spiro atoms. The first-order valence-electron chi connectivity index (χ1n) is 6.45. The second-order valence-electron chi connectivity index (χ2n) is 4.72. The average molecular weight is 279 g/mol. The number of nitrogens with one attached hydrogen (secondary N) is 1. The lowest BCUT2D eigenvalue weighted by molar-refractivity contribution is 0.102. The van der Waals surface area contributed by atoms with Crippen molar-refractivity contribution in [3.8, 4) is 11.5 Å². The molecule has 1 amide bonds. The molecule has 0 fully saturated rings. The number of aromatic hydroxyl groups is 2. The molecule has 0 aliphatic rings. The van der Waals surface area contributed by atoms with Crippen molar-refractivity contribution in [2.24, 2.45) is 0 Å². The Hall–Kier alpha value is -3.01. The molecular weight excluding hydrogens is 266 g/mol. The number of hydrogen-bond acceptors (Lipinski definition) is 3. The molecule has 0 atom stereocenters. The zero-order valence-corrected chi connectivity index (χ0v) is 11.1. The van der Waals surface area contributed by atoms with Crippen LogP contribution in [0.5, 0.6) is 11.5 Å². The normalized spacial score (nSPS) is 10.5. The van der Waals surface area contributed by atoms with Crippen molar-refractivity contribution in [1.82, 2.24) is 0 Å². The summed E-state index contributed by atoms with van der Waals surface area (Å²) in [5.41, 5.74) is 0.757. The third-order valence-corrected chi connectivity index (χ3v) is 3.23.